The molecule has 0 unspecified atom stereocenters. The van der Waals surface area contributed by atoms with E-state index in [0.717, 1.165) is 11.1 Å². The molecule has 0 saturated carbocycles. The van der Waals surface area contributed by atoms with Crippen LogP contribution in [0.25, 0.3) is 0 Å². The first-order chi connectivity index (χ1) is 12.8. The number of nitro groups is 1. The zero-order valence-electron chi connectivity index (χ0n) is 15.8. The third-order valence-corrected chi connectivity index (χ3v) is 4.06. The average molecular weight is 369 g/mol. The summed E-state index contributed by atoms with van der Waals surface area (Å²) in [6, 6.07) is 12.1. The van der Waals surface area contributed by atoms with Crippen LogP contribution in [-0.4, -0.2) is 23.1 Å². The molecule has 0 aliphatic carbocycles. The minimum atomic E-state index is -0.769. The maximum atomic E-state index is 12.2. The summed E-state index contributed by atoms with van der Waals surface area (Å²) in [6.45, 7) is 7.71. The van der Waals surface area contributed by atoms with E-state index in [4.69, 9.17) is 4.74 Å². The molecule has 0 bridgehead atoms. The minimum absolute atomic E-state index is 0.0825. The van der Waals surface area contributed by atoms with Gasteiger partial charge in [-0.3, -0.25) is 14.9 Å². The van der Waals surface area contributed by atoms with E-state index in [1.807, 2.05) is 25.1 Å². The van der Waals surface area contributed by atoms with Crippen LogP contribution in [0.15, 0.2) is 47.6 Å². The number of para-hydroxylation sites is 1. The number of nitrogens with zero attached hydrogens (tertiary/aromatic N) is 2. The Kier molecular flexibility index (Phi) is 6.65. The van der Waals surface area contributed by atoms with Crippen molar-refractivity contribution in [1.29, 1.82) is 0 Å². The van der Waals surface area contributed by atoms with E-state index in [1.165, 1.54) is 12.3 Å². The number of nitro benzene ring substituents is 1. The van der Waals surface area contributed by atoms with Gasteiger partial charge in [0.15, 0.2) is 6.10 Å². The molecular formula is C20H23N3O4. The Balaban J connectivity index is 2.03. The molecule has 0 aliphatic heterocycles. The fourth-order valence-corrected chi connectivity index (χ4v) is 2.37. The van der Waals surface area contributed by atoms with Crippen LogP contribution in [0.4, 0.5) is 5.69 Å². The second-order valence-corrected chi connectivity index (χ2v) is 6.49. The molecule has 0 radical (unpaired) electrons. The molecule has 1 atom stereocenters. The summed E-state index contributed by atoms with van der Waals surface area (Å²) in [5, 5.41) is 14.8. The van der Waals surface area contributed by atoms with E-state index in [1.54, 1.807) is 25.1 Å². The summed E-state index contributed by atoms with van der Waals surface area (Å²) in [5.74, 6) is 0.550. The van der Waals surface area contributed by atoms with Gasteiger partial charge in [0, 0.05) is 6.07 Å². The first kappa shape index (κ1) is 20.1. The van der Waals surface area contributed by atoms with Crippen molar-refractivity contribution in [2.45, 2.75) is 39.7 Å². The van der Waals surface area contributed by atoms with Crippen molar-refractivity contribution in [1.82, 2.24) is 5.43 Å². The number of ether oxygens (including phenoxy) is 1. The topological polar surface area (TPSA) is 93.8 Å². The summed E-state index contributed by atoms with van der Waals surface area (Å²) in [4.78, 5) is 22.7. The van der Waals surface area contributed by atoms with Gasteiger partial charge in [-0.2, -0.15) is 5.10 Å². The van der Waals surface area contributed by atoms with Crippen molar-refractivity contribution in [2.24, 2.45) is 5.10 Å². The molecule has 0 spiro atoms. The molecule has 0 aliphatic rings. The summed E-state index contributed by atoms with van der Waals surface area (Å²) < 4.78 is 5.77. The van der Waals surface area contributed by atoms with Gasteiger partial charge in [-0.1, -0.05) is 38.1 Å². The van der Waals surface area contributed by atoms with Crippen LogP contribution in [-0.2, 0) is 4.79 Å². The second-order valence-electron chi connectivity index (χ2n) is 6.49. The highest BCUT2D eigenvalue weighted by Gasteiger charge is 2.16. The van der Waals surface area contributed by atoms with E-state index in [9.17, 15) is 14.9 Å². The number of rotatable bonds is 7. The molecule has 2 aromatic carbocycles. The Bertz CT molecular complexity index is 862. The van der Waals surface area contributed by atoms with Crippen LogP contribution < -0.4 is 10.2 Å². The molecule has 0 saturated heterocycles. The SMILES string of the molecule is Cc1ccc(C(C)C)cc1O[C@H](C)C(=O)N/N=C\c1ccccc1[N+](=O)[O-]. The van der Waals surface area contributed by atoms with Crippen LogP contribution in [0, 0.1) is 17.0 Å². The molecule has 27 heavy (non-hydrogen) atoms. The molecule has 7 heteroatoms. The van der Waals surface area contributed by atoms with Gasteiger partial charge in [-0.25, -0.2) is 5.43 Å². The molecule has 1 amide bonds. The number of aryl methyl sites for hydroxylation is 1. The number of hydrazone groups is 1. The molecule has 2 rings (SSSR count). The lowest BCUT2D eigenvalue weighted by molar-refractivity contribution is -0.385. The zero-order chi connectivity index (χ0) is 20.0. The van der Waals surface area contributed by atoms with Gasteiger partial charge in [-0.15, -0.1) is 0 Å². The van der Waals surface area contributed by atoms with Crippen molar-refractivity contribution in [3.8, 4) is 5.75 Å². The minimum Gasteiger partial charge on any atom is -0.481 e. The van der Waals surface area contributed by atoms with Crippen molar-refractivity contribution in [3.05, 3.63) is 69.3 Å². The largest absolute Gasteiger partial charge is 0.481 e. The van der Waals surface area contributed by atoms with Gasteiger partial charge in [0.25, 0.3) is 11.6 Å². The smallest absolute Gasteiger partial charge is 0.280 e. The van der Waals surface area contributed by atoms with Crippen molar-refractivity contribution >= 4 is 17.8 Å². The first-order valence-electron chi connectivity index (χ1n) is 8.63. The number of hydrogen-bond acceptors (Lipinski definition) is 5. The standard InChI is InChI=1S/C20H23N3O4/c1-13(2)16-10-9-14(3)19(11-16)27-15(4)20(24)22-21-12-17-7-5-6-8-18(17)23(25)26/h5-13,15H,1-4H3,(H,22,24)/b21-12-/t15-/m1/s1. The lowest BCUT2D eigenvalue weighted by Gasteiger charge is -2.16. The Morgan fingerprint density at radius 2 is 1.93 bits per heavy atom. The molecule has 7 nitrogen and oxygen atoms in total. The Labute approximate surface area is 158 Å². The zero-order valence-corrected chi connectivity index (χ0v) is 15.8. The molecule has 142 valence electrons. The van der Waals surface area contributed by atoms with Gasteiger partial charge in [0.2, 0.25) is 0 Å². The molecule has 1 N–H and O–H groups in total. The number of carbonyl (C=O) groups is 1. The summed E-state index contributed by atoms with van der Waals surface area (Å²) in [7, 11) is 0. The number of benzene rings is 2. The lowest BCUT2D eigenvalue weighted by atomic mass is 10.0. The predicted molar refractivity (Wildman–Crippen MR) is 104 cm³/mol. The van der Waals surface area contributed by atoms with E-state index >= 15 is 0 Å². The molecule has 0 heterocycles. The van der Waals surface area contributed by atoms with Crippen molar-refractivity contribution < 1.29 is 14.5 Å². The van der Waals surface area contributed by atoms with Crippen LogP contribution in [0.2, 0.25) is 0 Å². The normalized spacial score (nSPS) is 12.2. The van der Waals surface area contributed by atoms with Crippen molar-refractivity contribution in [2.75, 3.05) is 0 Å². The Morgan fingerprint density at radius 1 is 1.22 bits per heavy atom. The van der Waals surface area contributed by atoms with Gasteiger partial charge >= 0.3 is 0 Å². The van der Waals surface area contributed by atoms with Gasteiger partial charge in [0.05, 0.1) is 16.7 Å². The fourth-order valence-electron chi connectivity index (χ4n) is 2.37. The number of carbonyl (C=O) groups excluding carboxylic acids is 1. The number of hydrogen-bond donors (Lipinski definition) is 1. The first-order valence-corrected chi connectivity index (χ1v) is 8.63. The summed E-state index contributed by atoms with van der Waals surface area (Å²) >= 11 is 0. The highest BCUT2D eigenvalue weighted by molar-refractivity contribution is 5.87. The highest BCUT2D eigenvalue weighted by Crippen LogP contribution is 2.25. The summed E-state index contributed by atoms with van der Waals surface area (Å²) in [5.41, 5.74) is 4.63. The van der Waals surface area contributed by atoms with E-state index in [-0.39, 0.29) is 5.69 Å². The molecule has 0 aromatic heterocycles. The monoisotopic (exact) mass is 369 g/mol. The predicted octanol–water partition coefficient (Wildman–Crippen LogP) is 3.94. The van der Waals surface area contributed by atoms with E-state index in [0.29, 0.717) is 17.2 Å². The molecule has 0 fully saturated rings. The van der Waals surface area contributed by atoms with Crippen LogP contribution in [0.5, 0.6) is 5.75 Å². The number of nitrogens with one attached hydrogen (secondary N) is 1. The quantitative estimate of drug-likeness (QED) is 0.454. The van der Waals surface area contributed by atoms with E-state index < -0.39 is 16.9 Å². The van der Waals surface area contributed by atoms with Gasteiger partial charge in [0.1, 0.15) is 5.75 Å². The van der Waals surface area contributed by atoms with Gasteiger partial charge in [-0.05, 0) is 43.0 Å². The highest BCUT2D eigenvalue weighted by atomic mass is 16.6. The van der Waals surface area contributed by atoms with Crippen molar-refractivity contribution in [3.63, 3.8) is 0 Å². The van der Waals surface area contributed by atoms with E-state index in [2.05, 4.69) is 24.4 Å². The third-order valence-electron chi connectivity index (χ3n) is 4.06. The van der Waals surface area contributed by atoms with Crippen LogP contribution in [0.3, 0.4) is 0 Å². The maximum Gasteiger partial charge on any atom is 0.280 e. The van der Waals surface area contributed by atoms with Crippen LogP contribution >= 0.6 is 0 Å². The Morgan fingerprint density at radius 3 is 2.59 bits per heavy atom. The average Bonchev–Trinajstić information content (AvgIpc) is 2.63. The van der Waals surface area contributed by atoms with Crippen LogP contribution in [0.1, 0.15) is 43.4 Å². The Hall–Kier alpha value is -3.22. The molecule has 2 aromatic rings. The lowest BCUT2D eigenvalue weighted by Crippen LogP contribution is -2.33. The summed E-state index contributed by atoms with van der Waals surface area (Å²) in [6.07, 6.45) is 0.474. The van der Waals surface area contributed by atoms with Gasteiger partial charge < -0.3 is 4.74 Å². The second kappa shape index (κ2) is 8.93. The fraction of sp³-hybridized carbons (Fsp3) is 0.300. The maximum absolute atomic E-state index is 12.2. The molecular weight excluding hydrogens is 346 g/mol. The number of amides is 1. The third kappa shape index (κ3) is 5.37.